The fraction of sp³-hybridized carbons (Fsp3) is 0.500. The Labute approximate surface area is 108 Å². The van der Waals surface area contributed by atoms with Crippen LogP contribution in [0.1, 0.15) is 31.9 Å². The maximum Gasteiger partial charge on any atom is 0.126 e. The number of hydrogen-bond acceptors (Lipinski definition) is 4. The van der Waals surface area contributed by atoms with E-state index in [1.807, 2.05) is 25.1 Å². The van der Waals surface area contributed by atoms with E-state index in [0.29, 0.717) is 18.7 Å². The van der Waals surface area contributed by atoms with Gasteiger partial charge < -0.3 is 14.7 Å². The molecule has 1 N–H and O–H groups in total. The molecule has 1 rings (SSSR count). The van der Waals surface area contributed by atoms with Crippen molar-refractivity contribution in [2.75, 3.05) is 25.1 Å². The van der Waals surface area contributed by atoms with Crippen LogP contribution in [-0.4, -0.2) is 25.3 Å². The van der Waals surface area contributed by atoms with Gasteiger partial charge in [-0.1, -0.05) is 6.07 Å². The highest BCUT2D eigenvalue weighted by Gasteiger charge is 2.17. The number of benzene rings is 1. The zero-order valence-corrected chi connectivity index (χ0v) is 11.2. The van der Waals surface area contributed by atoms with Crippen molar-refractivity contribution in [3.8, 4) is 11.8 Å². The summed E-state index contributed by atoms with van der Waals surface area (Å²) in [6.07, 6.45) is -0.142. The monoisotopic (exact) mass is 248 g/mol. The van der Waals surface area contributed by atoms with Gasteiger partial charge in [-0.15, -0.1) is 0 Å². The average Bonchev–Trinajstić information content (AvgIpc) is 2.38. The van der Waals surface area contributed by atoms with E-state index in [-0.39, 0.29) is 0 Å². The molecular weight excluding hydrogens is 228 g/mol. The molecule has 0 aliphatic rings. The van der Waals surface area contributed by atoms with Gasteiger partial charge in [-0.3, -0.25) is 0 Å². The lowest BCUT2D eigenvalue weighted by Gasteiger charge is -2.27. The van der Waals surface area contributed by atoms with E-state index in [1.165, 1.54) is 0 Å². The van der Waals surface area contributed by atoms with Crippen LogP contribution in [0.2, 0.25) is 0 Å². The molecular formula is C14H20N2O2. The highest BCUT2D eigenvalue weighted by molar-refractivity contribution is 5.60. The molecule has 0 spiro atoms. The lowest BCUT2D eigenvalue weighted by molar-refractivity contribution is 0.194. The van der Waals surface area contributed by atoms with Crippen LogP contribution in [0.25, 0.3) is 0 Å². The minimum atomic E-state index is -0.604. The largest absolute Gasteiger partial charge is 0.496 e. The fourth-order valence-corrected chi connectivity index (χ4v) is 2.04. The molecule has 1 aromatic rings. The Balaban J connectivity index is 3.17. The summed E-state index contributed by atoms with van der Waals surface area (Å²) < 4.78 is 5.29. The molecule has 98 valence electrons. The number of anilines is 1. The summed E-state index contributed by atoms with van der Waals surface area (Å²) >= 11 is 0. The molecule has 0 bridgehead atoms. The van der Waals surface area contributed by atoms with Crippen LogP contribution in [0, 0.1) is 11.3 Å². The molecule has 0 heterocycles. The standard InChI is InChI=1S/C14H20N2O2/c1-4-16(10-6-9-15)12-7-5-8-13(18-3)14(12)11(2)17/h5,7-8,11,17H,4,6,10H2,1-3H3. The molecule has 1 aromatic carbocycles. The second-order valence-electron chi connectivity index (χ2n) is 4.06. The van der Waals surface area contributed by atoms with Gasteiger partial charge in [-0.2, -0.15) is 5.26 Å². The van der Waals surface area contributed by atoms with E-state index in [1.54, 1.807) is 14.0 Å². The maximum absolute atomic E-state index is 9.91. The van der Waals surface area contributed by atoms with Crippen molar-refractivity contribution >= 4 is 5.69 Å². The van der Waals surface area contributed by atoms with E-state index in [4.69, 9.17) is 10.00 Å². The lowest BCUT2D eigenvalue weighted by Crippen LogP contribution is -2.25. The highest BCUT2D eigenvalue weighted by Crippen LogP contribution is 2.34. The van der Waals surface area contributed by atoms with Crippen molar-refractivity contribution in [1.29, 1.82) is 5.26 Å². The van der Waals surface area contributed by atoms with Gasteiger partial charge in [0, 0.05) is 24.3 Å². The molecule has 0 aliphatic carbocycles. The first kappa shape index (κ1) is 14.3. The third-order valence-electron chi connectivity index (χ3n) is 2.90. The molecule has 4 nitrogen and oxygen atoms in total. The zero-order chi connectivity index (χ0) is 13.5. The smallest absolute Gasteiger partial charge is 0.126 e. The number of ether oxygens (including phenoxy) is 1. The topological polar surface area (TPSA) is 56.5 Å². The van der Waals surface area contributed by atoms with Crippen LogP contribution in [0.3, 0.4) is 0 Å². The van der Waals surface area contributed by atoms with E-state index in [0.717, 1.165) is 17.8 Å². The number of aliphatic hydroxyl groups is 1. The molecule has 0 amide bonds. The first-order valence-electron chi connectivity index (χ1n) is 6.12. The molecule has 0 radical (unpaired) electrons. The van der Waals surface area contributed by atoms with Gasteiger partial charge in [0.2, 0.25) is 0 Å². The summed E-state index contributed by atoms with van der Waals surface area (Å²) in [5.41, 5.74) is 1.71. The van der Waals surface area contributed by atoms with Crippen molar-refractivity contribution in [3.05, 3.63) is 23.8 Å². The van der Waals surface area contributed by atoms with Gasteiger partial charge in [0.1, 0.15) is 5.75 Å². The summed E-state index contributed by atoms with van der Waals surface area (Å²) in [5, 5.41) is 18.6. The average molecular weight is 248 g/mol. The normalized spacial score (nSPS) is 11.7. The Morgan fingerprint density at radius 2 is 2.22 bits per heavy atom. The predicted octanol–water partition coefficient (Wildman–Crippen LogP) is 2.49. The molecule has 18 heavy (non-hydrogen) atoms. The molecule has 0 fully saturated rings. The van der Waals surface area contributed by atoms with Crippen molar-refractivity contribution in [2.45, 2.75) is 26.4 Å². The Morgan fingerprint density at radius 3 is 2.72 bits per heavy atom. The molecule has 0 aromatic heterocycles. The minimum Gasteiger partial charge on any atom is -0.496 e. The first-order chi connectivity index (χ1) is 8.65. The van der Waals surface area contributed by atoms with Gasteiger partial charge in [-0.05, 0) is 26.0 Å². The number of nitrogens with zero attached hydrogens (tertiary/aromatic N) is 2. The number of nitriles is 1. The van der Waals surface area contributed by atoms with Crippen LogP contribution in [-0.2, 0) is 0 Å². The van der Waals surface area contributed by atoms with Gasteiger partial charge >= 0.3 is 0 Å². The maximum atomic E-state index is 9.91. The highest BCUT2D eigenvalue weighted by atomic mass is 16.5. The van der Waals surface area contributed by atoms with Gasteiger partial charge in [0.05, 0.1) is 25.7 Å². The van der Waals surface area contributed by atoms with Crippen molar-refractivity contribution in [3.63, 3.8) is 0 Å². The summed E-state index contributed by atoms with van der Waals surface area (Å²) in [5.74, 6) is 0.679. The van der Waals surface area contributed by atoms with Crippen LogP contribution >= 0.6 is 0 Å². The zero-order valence-electron chi connectivity index (χ0n) is 11.2. The summed E-state index contributed by atoms with van der Waals surface area (Å²) in [6, 6.07) is 7.83. The van der Waals surface area contributed by atoms with E-state index in [9.17, 15) is 5.11 Å². The third-order valence-corrected chi connectivity index (χ3v) is 2.90. The fourth-order valence-electron chi connectivity index (χ4n) is 2.04. The molecule has 0 aliphatic heterocycles. The number of aliphatic hydroxyl groups excluding tert-OH is 1. The van der Waals surface area contributed by atoms with Crippen LogP contribution in [0.5, 0.6) is 5.75 Å². The molecule has 0 saturated carbocycles. The number of methoxy groups -OCH3 is 1. The second kappa shape index (κ2) is 6.87. The Hall–Kier alpha value is -1.73. The van der Waals surface area contributed by atoms with Crippen LogP contribution in [0.4, 0.5) is 5.69 Å². The number of rotatable bonds is 6. The molecule has 1 atom stereocenters. The van der Waals surface area contributed by atoms with Gasteiger partial charge in [0.15, 0.2) is 0 Å². The van der Waals surface area contributed by atoms with Gasteiger partial charge in [-0.25, -0.2) is 0 Å². The first-order valence-corrected chi connectivity index (χ1v) is 6.12. The quantitative estimate of drug-likeness (QED) is 0.840. The lowest BCUT2D eigenvalue weighted by atomic mass is 10.1. The summed E-state index contributed by atoms with van der Waals surface area (Å²) in [6.45, 7) is 5.19. The van der Waals surface area contributed by atoms with E-state index < -0.39 is 6.10 Å². The van der Waals surface area contributed by atoms with Crippen molar-refractivity contribution in [2.24, 2.45) is 0 Å². The van der Waals surface area contributed by atoms with Crippen LogP contribution in [0.15, 0.2) is 18.2 Å². The SMILES string of the molecule is CCN(CCC#N)c1cccc(OC)c1C(C)O. The third kappa shape index (κ3) is 3.14. The predicted molar refractivity (Wildman–Crippen MR) is 71.7 cm³/mol. The van der Waals surface area contributed by atoms with Crippen LogP contribution < -0.4 is 9.64 Å². The Bertz CT molecular complexity index is 424. The molecule has 4 heteroatoms. The Kier molecular flexibility index (Phi) is 5.47. The van der Waals surface area contributed by atoms with Crippen molar-refractivity contribution in [1.82, 2.24) is 0 Å². The molecule has 1 unspecified atom stereocenters. The van der Waals surface area contributed by atoms with E-state index in [2.05, 4.69) is 11.0 Å². The molecule has 0 saturated heterocycles. The second-order valence-corrected chi connectivity index (χ2v) is 4.06. The summed E-state index contributed by atoms with van der Waals surface area (Å²) in [7, 11) is 1.59. The van der Waals surface area contributed by atoms with Gasteiger partial charge in [0.25, 0.3) is 0 Å². The summed E-state index contributed by atoms with van der Waals surface area (Å²) in [4.78, 5) is 2.08. The Morgan fingerprint density at radius 1 is 1.50 bits per heavy atom. The number of hydrogen-bond donors (Lipinski definition) is 1. The van der Waals surface area contributed by atoms with Crippen molar-refractivity contribution < 1.29 is 9.84 Å². The van der Waals surface area contributed by atoms with E-state index >= 15 is 0 Å². The minimum absolute atomic E-state index is 0.463.